The predicted octanol–water partition coefficient (Wildman–Crippen LogP) is 5.32. The highest BCUT2D eigenvalue weighted by atomic mass is 32.2. The lowest BCUT2D eigenvalue weighted by Gasteiger charge is -2.29. The predicted molar refractivity (Wildman–Crippen MR) is 119 cm³/mol. The SMILES string of the molecule is COc1ccc(CN(C(=O)CSc2nccc(C(F)(F)F)n2)C(C)Cc2cccs2)cc1. The highest BCUT2D eigenvalue weighted by molar-refractivity contribution is 7.99. The number of ether oxygens (including phenoxy) is 1. The van der Waals surface area contributed by atoms with Crippen LogP contribution in [-0.4, -0.2) is 39.7 Å². The summed E-state index contributed by atoms with van der Waals surface area (Å²) in [5.74, 6) is 0.457. The molecule has 2 heterocycles. The Hall–Kier alpha value is -2.59. The van der Waals surface area contributed by atoms with Gasteiger partial charge in [-0.2, -0.15) is 13.2 Å². The number of thiophene rings is 1. The van der Waals surface area contributed by atoms with E-state index in [4.69, 9.17) is 4.74 Å². The molecule has 0 aliphatic rings. The van der Waals surface area contributed by atoms with Crippen molar-refractivity contribution >= 4 is 29.0 Å². The Morgan fingerprint density at radius 2 is 1.97 bits per heavy atom. The summed E-state index contributed by atoms with van der Waals surface area (Å²) >= 11 is 2.52. The first-order valence-electron chi connectivity index (χ1n) is 9.74. The molecule has 1 atom stereocenters. The number of carbonyl (C=O) groups excluding carboxylic acids is 1. The molecular formula is C22H22F3N3O2S2. The summed E-state index contributed by atoms with van der Waals surface area (Å²) in [7, 11) is 1.58. The molecule has 0 radical (unpaired) electrons. The zero-order valence-corrected chi connectivity index (χ0v) is 19.1. The standard InChI is InChI=1S/C22H22F3N3O2S2/c1-15(12-18-4-3-11-31-18)28(13-16-5-7-17(30-2)8-6-16)20(29)14-32-21-26-10-9-19(27-21)22(23,24)25/h3-11,15H,12-14H2,1-2H3. The smallest absolute Gasteiger partial charge is 0.433 e. The maximum atomic E-state index is 13.1. The Bertz CT molecular complexity index is 1010. The molecule has 3 rings (SSSR count). The van der Waals surface area contributed by atoms with Crippen molar-refractivity contribution in [1.29, 1.82) is 0 Å². The number of hydrogen-bond donors (Lipinski definition) is 0. The molecule has 0 spiro atoms. The second-order valence-corrected chi connectivity index (χ2v) is 8.99. The molecule has 5 nitrogen and oxygen atoms in total. The van der Waals surface area contributed by atoms with E-state index in [9.17, 15) is 18.0 Å². The Kier molecular flexibility index (Phi) is 8.14. The van der Waals surface area contributed by atoms with Gasteiger partial charge >= 0.3 is 6.18 Å². The highest BCUT2D eigenvalue weighted by Crippen LogP contribution is 2.28. The summed E-state index contributed by atoms with van der Waals surface area (Å²) in [6.07, 6.45) is -2.82. The Labute approximate surface area is 192 Å². The van der Waals surface area contributed by atoms with Crippen molar-refractivity contribution in [2.24, 2.45) is 0 Å². The number of thioether (sulfide) groups is 1. The van der Waals surface area contributed by atoms with Crippen LogP contribution in [0.3, 0.4) is 0 Å². The number of alkyl halides is 3. The number of halogens is 3. The average Bonchev–Trinajstić information content (AvgIpc) is 3.28. The van der Waals surface area contributed by atoms with E-state index in [1.165, 1.54) is 0 Å². The number of hydrogen-bond acceptors (Lipinski definition) is 6. The number of nitrogens with zero attached hydrogens (tertiary/aromatic N) is 3. The molecule has 32 heavy (non-hydrogen) atoms. The average molecular weight is 482 g/mol. The summed E-state index contributed by atoms with van der Waals surface area (Å²) in [4.78, 5) is 23.4. The minimum atomic E-state index is -4.56. The molecule has 1 amide bonds. The summed E-state index contributed by atoms with van der Waals surface area (Å²) in [5, 5.41) is 1.90. The van der Waals surface area contributed by atoms with Crippen molar-refractivity contribution in [3.63, 3.8) is 0 Å². The number of carbonyl (C=O) groups is 1. The van der Waals surface area contributed by atoms with Crippen molar-refractivity contribution in [3.05, 3.63) is 70.2 Å². The van der Waals surface area contributed by atoms with E-state index >= 15 is 0 Å². The Balaban J connectivity index is 1.73. The molecule has 0 saturated carbocycles. The summed E-state index contributed by atoms with van der Waals surface area (Å²) < 4.78 is 43.9. The highest BCUT2D eigenvalue weighted by Gasteiger charge is 2.33. The molecule has 3 aromatic rings. The summed E-state index contributed by atoms with van der Waals surface area (Å²) in [6, 6.07) is 12.1. The third-order valence-electron chi connectivity index (χ3n) is 4.69. The molecule has 0 bridgehead atoms. The van der Waals surface area contributed by atoms with Crippen molar-refractivity contribution < 1.29 is 22.7 Å². The van der Waals surface area contributed by atoms with Crippen LogP contribution in [0.25, 0.3) is 0 Å². The van der Waals surface area contributed by atoms with Crippen LogP contribution < -0.4 is 4.74 Å². The first-order chi connectivity index (χ1) is 15.3. The van der Waals surface area contributed by atoms with Gasteiger partial charge in [0.05, 0.1) is 12.9 Å². The van der Waals surface area contributed by atoms with Crippen molar-refractivity contribution in [3.8, 4) is 5.75 Å². The maximum absolute atomic E-state index is 13.1. The second-order valence-electron chi connectivity index (χ2n) is 7.01. The van der Waals surface area contributed by atoms with Gasteiger partial charge < -0.3 is 9.64 Å². The Morgan fingerprint density at radius 1 is 1.22 bits per heavy atom. The summed E-state index contributed by atoms with van der Waals surface area (Å²) in [5.41, 5.74) is -0.0962. The zero-order chi connectivity index (χ0) is 23.1. The minimum Gasteiger partial charge on any atom is -0.497 e. The van der Waals surface area contributed by atoms with Crippen LogP contribution in [0.1, 0.15) is 23.1 Å². The van der Waals surface area contributed by atoms with Crippen molar-refractivity contribution in [2.45, 2.75) is 37.3 Å². The van der Waals surface area contributed by atoms with Gasteiger partial charge in [0, 0.05) is 30.1 Å². The molecule has 0 aliphatic heterocycles. The summed E-state index contributed by atoms with van der Waals surface area (Å²) in [6.45, 7) is 2.34. The number of benzene rings is 1. The van der Waals surface area contributed by atoms with Crippen molar-refractivity contribution in [2.75, 3.05) is 12.9 Å². The van der Waals surface area contributed by atoms with Gasteiger partial charge in [-0.3, -0.25) is 4.79 Å². The molecule has 170 valence electrons. The van der Waals surface area contributed by atoms with E-state index in [2.05, 4.69) is 9.97 Å². The van der Waals surface area contributed by atoms with E-state index in [0.29, 0.717) is 13.0 Å². The van der Waals surface area contributed by atoms with E-state index in [-0.39, 0.29) is 22.9 Å². The van der Waals surface area contributed by atoms with E-state index in [0.717, 1.165) is 40.2 Å². The van der Waals surface area contributed by atoms with Crippen LogP contribution in [0.4, 0.5) is 13.2 Å². The quantitative estimate of drug-likeness (QED) is 0.306. The van der Waals surface area contributed by atoms with Crippen molar-refractivity contribution in [1.82, 2.24) is 14.9 Å². The number of aromatic nitrogens is 2. The minimum absolute atomic E-state index is 0.0632. The van der Waals surface area contributed by atoms with E-state index < -0.39 is 11.9 Å². The molecule has 0 aliphatic carbocycles. The van der Waals surface area contributed by atoms with E-state index in [1.807, 2.05) is 48.7 Å². The fourth-order valence-electron chi connectivity index (χ4n) is 3.02. The number of amides is 1. The van der Waals surface area contributed by atoms with Crippen LogP contribution in [-0.2, 0) is 23.9 Å². The first-order valence-corrected chi connectivity index (χ1v) is 11.6. The molecular weight excluding hydrogens is 459 g/mol. The van der Waals surface area contributed by atoms with Crippen LogP contribution in [0.15, 0.2) is 59.2 Å². The fraction of sp³-hybridized carbons (Fsp3) is 0.318. The molecule has 0 N–H and O–H groups in total. The van der Waals surface area contributed by atoms with Crippen LogP contribution in [0.5, 0.6) is 5.75 Å². The van der Waals surface area contributed by atoms with Gasteiger partial charge in [-0.25, -0.2) is 9.97 Å². The second kappa shape index (κ2) is 10.8. The molecule has 2 aromatic heterocycles. The lowest BCUT2D eigenvalue weighted by atomic mass is 10.1. The van der Waals surface area contributed by atoms with E-state index in [1.54, 1.807) is 23.3 Å². The van der Waals surface area contributed by atoms with Gasteiger partial charge in [0.15, 0.2) is 5.16 Å². The lowest BCUT2D eigenvalue weighted by Crippen LogP contribution is -2.40. The van der Waals surface area contributed by atoms with Crippen LogP contribution in [0, 0.1) is 0 Å². The molecule has 0 fully saturated rings. The molecule has 10 heteroatoms. The lowest BCUT2D eigenvalue weighted by molar-refractivity contribution is -0.141. The molecule has 1 aromatic carbocycles. The normalized spacial score (nSPS) is 12.4. The van der Waals surface area contributed by atoms with Crippen LogP contribution in [0.2, 0.25) is 0 Å². The van der Waals surface area contributed by atoms with Gasteiger partial charge in [-0.1, -0.05) is 30.0 Å². The third kappa shape index (κ3) is 6.70. The zero-order valence-electron chi connectivity index (χ0n) is 17.5. The maximum Gasteiger partial charge on any atom is 0.433 e. The first kappa shape index (κ1) is 24.1. The fourth-order valence-corrected chi connectivity index (χ4v) is 4.57. The van der Waals surface area contributed by atoms with Gasteiger partial charge in [-0.15, -0.1) is 11.3 Å². The molecule has 1 unspecified atom stereocenters. The largest absolute Gasteiger partial charge is 0.497 e. The van der Waals surface area contributed by atoms with Crippen LogP contribution >= 0.6 is 23.1 Å². The molecule has 0 saturated heterocycles. The Morgan fingerprint density at radius 3 is 2.59 bits per heavy atom. The van der Waals surface area contributed by atoms with Gasteiger partial charge in [0.25, 0.3) is 0 Å². The monoisotopic (exact) mass is 481 g/mol. The topological polar surface area (TPSA) is 55.3 Å². The van der Waals surface area contributed by atoms with Gasteiger partial charge in [0.2, 0.25) is 5.91 Å². The third-order valence-corrected chi connectivity index (χ3v) is 6.43. The number of rotatable bonds is 9. The van der Waals surface area contributed by atoms with Gasteiger partial charge in [0.1, 0.15) is 11.4 Å². The van der Waals surface area contributed by atoms with Gasteiger partial charge in [-0.05, 0) is 42.1 Å². The number of methoxy groups -OCH3 is 1.